The Morgan fingerprint density at radius 3 is 2.51 bits per heavy atom. The first-order valence-corrected chi connectivity index (χ1v) is 14.5. The van der Waals surface area contributed by atoms with Gasteiger partial charge in [-0.05, 0) is 67.5 Å². The van der Waals surface area contributed by atoms with Crippen LogP contribution >= 0.6 is 11.6 Å². The highest BCUT2D eigenvalue weighted by Crippen LogP contribution is 2.48. The van der Waals surface area contributed by atoms with Crippen molar-refractivity contribution in [3.63, 3.8) is 0 Å². The molecule has 1 saturated carbocycles. The number of hydrogen-bond acceptors (Lipinski definition) is 6. The third-order valence-electron chi connectivity index (χ3n) is 8.28. The molecule has 2 aromatic heterocycles. The second kappa shape index (κ2) is 11.3. The lowest BCUT2D eigenvalue weighted by atomic mass is 10.0. The Morgan fingerprint density at radius 2 is 1.79 bits per heavy atom. The molecule has 2 amide bonds. The molecule has 1 aliphatic carbocycles. The number of benzene rings is 2. The zero-order chi connectivity index (χ0) is 30.4. The van der Waals surface area contributed by atoms with Crippen LogP contribution in [0.25, 0.3) is 27.6 Å². The van der Waals surface area contributed by atoms with E-state index in [1.807, 2.05) is 18.2 Å². The Kier molecular flexibility index (Phi) is 7.56. The zero-order valence-electron chi connectivity index (χ0n) is 24.0. The molecule has 4 aromatic rings. The van der Waals surface area contributed by atoms with Gasteiger partial charge in [0.2, 0.25) is 11.8 Å². The summed E-state index contributed by atoms with van der Waals surface area (Å²) in [6.45, 7) is 4.42. The van der Waals surface area contributed by atoms with Crippen molar-refractivity contribution in [3.05, 3.63) is 82.8 Å². The molecule has 1 saturated heterocycles. The van der Waals surface area contributed by atoms with Crippen LogP contribution in [0.3, 0.4) is 0 Å². The lowest BCUT2D eigenvalue weighted by Crippen LogP contribution is -2.49. The van der Waals surface area contributed by atoms with Gasteiger partial charge in [0.25, 0.3) is 0 Å². The smallest absolute Gasteiger partial charge is 0.245 e. The molecule has 220 valence electrons. The molecular weight excluding hydrogens is 571 g/mol. The highest BCUT2D eigenvalue weighted by Gasteiger charge is 2.56. The molecule has 0 radical (unpaired) electrons. The fourth-order valence-corrected chi connectivity index (χ4v) is 6.14. The molecule has 0 spiro atoms. The van der Waals surface area contributed by atoms with Crippen molar-refractivity contribution >= 4 is 45.7 Å². The Hall–Kier alpha value is -4.44. The molecule has 1 aliphatic heterocycles. The topological polar surface area (TPSA) is 110 Å². The van der Waals surface area contributed by atoms with Gasteiger partial charge in [-0.3, -0.25) is 19.1 Å². The van der Waals surface area contributed by atoms with Crippen LogP contribution in [0.4, 0.5) is 4.39 Å². The van der Waals surface area contributed by atoms with Crippen molar-refractivity contribution in [2.24, 2.45) is 5.92 Å². The number of hydrogen-bond donors (Lipinski definition) is 1. The second-order valence-corrected chi connectivity index (χ2v) is 11.6. The molecule has 0 bridgehead atoms. The van der Waals surface area contributed by atoms with E-state index in [1.54, 1.807) is 55.4 Å². The van der Waals surface area contributed by atoms with E-state index in [-0.39, 0.29) is 42.4 Å². The Bertz CT molecular complexity index is 1800. The molecule has 3 heterocycles. The minimum Gasteiger partial charge on any atom is -0.348 e. The molecule has 9 nitrogen and oxygen atoms in total. The van der Waals surface area contributed by atoms with Crippen LogP contribution in [0, 0.1) is 12.8 Å². The first kappa shape index (κ1) is 28.7. The normalized spacial score (nSPS) is 19.7. The molecule has 43 heavy (non-hydrogen) atoms. The van der Waals surface area contributed by atoms with E-state index in [4.69, 9.17) is 11.6 Å². The number of allylic oxidation sites excluding steroid dienone is 1. The third-order valence-corrected chi connectivity index (χ3v) is 8.61. The molecular formula is C32H30ClFN6O3. The van der Waals surface area contributed by atoms with Crippen LogP contribution in [-0.2, 0) is 16.1 Å². The standard InChI is InChI=1S/C32H30ClFN6O3/c1-17(23-6-4-5-7-25(23)33)26(34)15-37-32(43)29-12-21-11-28(21)40(29)30(42)16-39-27-9-8-20(22-13-35-19(3)36-14-22)10-24(27)31(38-39)18(2)41/h4-10,13-14,21,28-29H,11-12,15-16H2,1-3H3,(H,37,43)/b26-17+/t21?,28?,29-/m0/s1. The molecule has 2 aliphatic rings. The number of halogens is 2. The van der Waals surface area contributed by atoms with Gasteiger partial charge in [0.05, 0.1) is 12.1 Å². The zero-order valence-corrected chi connectivity index (χ0v) is 24.7. The van der Waals surface area contributed by atoms with Gasteiger partial charge in [0.15, 0.2) is 5.78 Å². The van der Waals surface area contributed by atoms with Gasteiger partial charge < -0.3 is 10.2 Å². The van der Waals surface area contributed by atoms with Gasteiger partial charge in [0.1, 0.15) is 29.9 Å². The minimum atomic E-state index is -0.702. The SMILES string of the molecule is CC(=O)c1nn(CC(=O)N2C3CC3C[C@H]2C(=O)NC/C(F)=C(/C)c2ccccc2Cl)c2ccc(-c3cnc(C)nc3)cc12. The van der Waals surface area contributed by atoms with E-state index in [9.17, 15) is 18.8 Å². The number of rotatable bonds is 8. The number of carbonyl (C=O) groups excluding carboxylic acids is 3. The quantitative estimate of drug-likeness (QED) is 0.280. The number of aryl methyl sites for hydroxylation is 1. The van der Waals surface area contributed by atoms with E-state index >= 15 is 0 Å². The minimum absolute atomic E-state index is 0.0317. The van der Waals surface area contributed by atoms with Crippen LogP contribution in [0.1, 0.15) is 48.6 Å². The number of likely N-dealkylation sites (tertiary alicyclic amines) is 1. The summed E-state index contributed by atoms with van der Waals surface area (Å²) in [5, 5.41) is 8.21. The van der Waals surface area contributed by atoms with E-state index in [1.165, 1.54) is 11.6 Å². The number of carbonyl (C=O) groups is 3. The van der Waals surface area contributed by atoms with Crippen LogP contribution in [0.15, 0.2) is 60.7 Å². The highest BCUT2D eigenvalue weighted by molar-refractivity contribution is 6.32. The first-order chi connectivity index (χ1) is 20.6. The summed E-state index contributed by atoms with van der Waals surface area (Å²) < 4.78 is 16.5. The lowest BCUT2D eigenvalue weighted by Gasteiger charge is -2.27. The van der Waals surface area contributed by atoms with Crippen LogP contribution in [-0.4, -0.2) is 60.9 Å². The maximum atomic E-state index is 15.0. The summed E-state index contributed by atoms with van der Waals surface area (Å²) in [4.78, 5) is 49.5. The monoisotopic (exact) mass is 600 g/mol. The average Bonchev–Trinajstić information content (AvgIpc) is 3.50. The number of aromatic nitrogens is 4. The van der Waals surface area contributed by atoms with Crippen LogP contribution < -0.4 is 5.32 Å². The van der Waals surface area contributed by atoms with E-state index in [0.717, 1.165) is 17.5 Å². The van der Waals surface area contributed by atoms with Gasteiger partial charge in [-0.15, -0.1) is 0 Å². The van der Waals surface area contributed by atoms with Crippen molar-refractivity contribution in [3.8, 4) is 11.1 Å². The number of fused-ring (bicyclic) bond motifs is 2. The van der Waals surface area contributed by atoms with Crippen molar-refractivity contribution in [1.29, 1.82) is 0 Å². The van der Waals surface area contributed by atoms with Gasteiger partial charge in [0, 0.05) is 41.3 Å². The molecule has 6 rings (SSSR count). The summed E-state index contributed by atoms with van der Waals surface area (Å²) >= 11 is 6.20. The maximum Gasteiger partial charge on any atom is 0.245 e. The number of amides is 2. The van der Waals surface area contributed by atoms with Crippen LogP contribution in [0.2, 0.25) is 5.02 Å². The number of piperidine rings is 1. The van der Waals surface area contributed by atoms with Gasteiger partial charge >= 0.3 is 0 Å². The first-order valence-electron chi connectivity index (χ1n) is 14.1. The lowest BCUT2D eigenvalue weighted by molar-refractivity contribution is -0.140. The second-order valence-electron chi connectivity index (χ2n) is 11.2. The summed E-state index contributed by atoms with van der Waals surface area (Å²) in [5.74, 6) is -0.506. The summed E-state index contributed by atoms with van der Waals surface area (Å²) in [6, 6.07) is 11.7. The van der Waals surface area contributed by atoms with Gasteiger partial charge in [-0.25, -0.2) is 14.4 Å². The van der Waals surface area contributed by atoms with E-state index in [2.05, 4.69) is 20.4 Å². The Labute approximate surface area is 252 Å². The third kappa shape index (κ3) is 5.54. The predicted octanol–water partition coefficient (Wildman–Crippen LogP) is 5.16. The molecule has 11 heteroatoms. The summed E-state index contributed by atoms with van der Waals surface area (Å²) in [6.07, 6.45) is 4.79. The largest absolute Gasteiger partial charge is 0.348 e. The molecule has 2 aromatic carbocycles. The number of nitrogens with one attached hydrogen (secondary N) is 1. The van der Waals surface area contributed by atoms with Gasteiger partial charge in [-0.2, -0.15) is 5.10 Å². The molecule has 3 atom stereocenters. The summed E-state index contributed by atoms with van der Waals surface area (Å²) in [5.41, 5.74) is 3.41. The van der Waals surface area contributed by atoms with Gasteiger partial charge in [-0.1, -0.05) is 35.9 Å². The molecule has 2 unspecified atom stereocenters. The van der Waals surface area contributed by atoms with Crippen molar-refractivity contribution in [2.45, 2.75) is 52.2 Å². The van der Waals surface area contributed by atoms with Crippen molar-refractivity contribution < 1.29 is 18.8 Å². The van der Waals surface area contributed by atoms with E-state index in [0.29, 0.717) is 39.3 Å². The predicted molar refractivity (Wildman–Crippen MR) is 161 cm³/mol. The maximum absolute atomic E-state index is 15.0. The van der Waals surface area contributed by atoms with E-state index < -0.39 is 17.8 Å². The van der Waals surface area contributed by atoms with Crippen molar-refractivity contribution in [2.75, 3.05) is 6.54 Å². The number of ketones is 1. The fraction of sp³-hybridized carbons (Fsp3) is 0.312. The molecule has 2 fully saturated rings. The average molecular weight is 601 g/mol. The number of nitrogens with zero attached hydrogens (tertiary/aromatic N) is 5. The molecule has 1 N–H and O–H groups in total. The number of Topliss-reactive ketones (excluding diaryl/α,β-unsaturated/α-hetero) is 1. The highest BCUT2D eigenvalue weighted by atomic mass is 35.5. The Balaban J connectivity index is 1.20. The van der Waals surface area contributed by atoms with Crippen LogP contribution in [0.5, 0.6) is 0 Å². The summed E-state index contributed by atoms with van der Waals surface area (Å²) in [7, 11) is 0. The van der Waals surface area contributed by atoms with Crippen molar-refractivity contribution in [1.82, 2.24) is 30.0 Å². The Morgan fingerprint density at radius 1 is 1.05 bits per heavy atom. The fourth-order valence-electron chi connectivity index (χ4n) is 5.87.